The molecule has 0 fully saturated rings. The van der Waals surface area contributed by atoms with Crippen LogP contribution in [0.1, 0.15) is 22.6 Å². The molecule has 0 aliphatic rings. The first kappa shape index (κ1) is 33.0. The van der Waals surface area contributed by atoms with E-state index in [1.165, 1.54) is 93.9 Å². The zero-order valence-corrected chi connectivity index (χ0v) is 31.3. The summed E-state index contributed by atoms with van der Waals surface area (Å²) in [6, 6.07) is 82.0. The summed E-state index contributed by atoms with van der Waals surface area (Å²) >= 11 is 0. The number of nitrogens with zero attached hydrogens (tertiary/aromatic N) is 2. The Balaban J connectivity index is 1.03. The quantitative estimate of drug-likeness (QED) is 0.145. The summed E-state index contributed by atoms with van der Waals surface area (Å²) in [6.07, 6.45) is 0. The molecule has 0 amide bonds. The highest BCUT2D eigenvalue weighted by molar-refractivity contribution is 6.11. The summed E-state index contributed by atoms with van der Waals surface area (Å²) in [7, 11) is 0. The van der Waals surface area contributed by atoms with Gasteiger partial charge in [0.1, 0.15) is 0 Å². The molecule has 1 atom stereocenters. The molecule has 0 aliphatic heterocycles. The molecule has 0 saturated heterocycles. The maximum Gasteiger partial charge on any atom is 0.0541 e. The first-order chi connectivity index (χ1) is 28.3. The molecule has 0 saturated carbocycles. The summed E-state index contributed by atoms with van der Waals surface area (Å²) in [5.74, 6) is 0.0402. The molecule has 0 spiro atoms. The zero-order chi connectivity index (χ0) is 37.7. The predicted molar refractivity (Wildman–Crippen MR) is 240 cm³/mol. The second kappa shape index (κ2) is 13.7. The molecule has 2 heteroatoms. The summed E-state index contributed by atoms with van der Waals surface area (Å²) in [5, 5.41) is 5.04. The van der Waals surface area contributed by atoms with E-state index in [1.807, 2.05) is 0 Å². The third-order valence-electron chi connectivity index (χ3n) is 11.7. The lowest BCUT2D eigenvalue weighted by Gasteiger charge is -2.20. The Kier molecular flexibility index (Phi) is 7.93. The molecule has 57 heavy (non-hydrogen) atoms. The van der Waals surface area contributed by atoms with E-state index in [2.05, 4.69) is 234 Å². The van der Waals surface area contributed by atoms with Crippen LogP contribution in [0.25, 0.3) is 77.2 Å². The van der Waals surface area contributed by atoms with Gasteiger partial charge in [-0.05, 0) is 99.6 Å². The molecule has 0 radical (unpaired) electrons. The SMILES string of the molecule is c1ccc(-c2ccc(C(c3ccc(-c4ccc5c(c4)c4ccccc4n5-c4ccccc4)cc3)c3ccc4c(c3)c3ccccc3n4-c3ccccc3)cc2)cc1. The minimum Gasteiger partial charge on any atom is -0.309 e. The highest BCUT2D eigenvalue weighted by Gasteiger charge is 2.21. The zero-order valence-electron chi connectivity index (χ0n) is 31.3. The Labute approximate surface area is 332 Å². The van der Waals surface area contributed by atoms with E-state index in [1.54, 1.807) is 0 Å². The first-order valence-electron chi connectivity index (χ1n) is 19.7. The van der Waals surface area contributed by atoms with Crippen LogP contribution in [0.4, 0.5) is 0 Å². The molecule has 0 N–H and O–H groups in total. The van der Waals surface area contributed by atoms with Gasteiger partial charge in [0.05, 0.1) is 22.1 Å². The van der Waals surface area contributed by atoms with E-state index in [4.69, 9.17) is 0 Å². The monoisotopic (exact) mass is 726 g/mol. The van der Waals surface area contributed by atoms with Gasteiger partial charge in [-0.1, -0.05) is 164 Å². The van der Waals surface area contributed by atoms with Gasteiger partial charge in [0, 0.05) is 38.8 Å². The van der Waals surface area contributed by atoms with E-state index in [0.717, 1.165) is 0 Å². The smallest absolute Gasteiger partial charge is 0.0541 e. The van der Waals surface area contributed by atoms with Crippen molar-refractivity contribution in [3.8, 4) is 33.6 Å². The van der Waals surface area contributed by atoms with Gasteiger partial charge in [-0.2, -0.15) is 0 Å². The molecule has 11 aromatic rings. The van der Waals surface area contributed by atoms with Crippen molar-refractivity contribution in [1.82, 2.24) is 9.13 Å². The van der Waals surface area contributed by atoms with Crippen LogP contribution >= 0.6 is 0 Å². The van der Waals surface area contributed by atoms with E-state index in [-0.39, 0.29) is 5.92 Å². The Bertz CT molecular complexity index is 3190. The van der Waals surface area contributed by atoms with Gasteiger partial charge in [-0.25, -0.2) is 0 Å². The average Bonchev–Trinajstić information content (AvgIpc) is 3.80. The van der Waals surface area contributed by atoms with Crippen molar-refractivity contribution in [2.24, 2.45) is 0 Å². The molecule has 0 bridgehead atoms. The maximum absolute atomic E-state index is 2.43. The van der Waals surface area contributed by atoms with Crippen LogP contribution in [0.15, 0.2) is 224 Å². The Morgan fingerprint density at radius 1 is 0.246 bits per heavy atom. The lowest BCUT2D eigenvalue weighted by atomic mass is 9.83. The van der Waals surface area contributed by atoms with Crippen molar-refractivity contribution < 1.29 is 0 Å². The predicted octanol–water partition coefficient (Wildman–Crippen LogP) is 14.4. The van der Waals surface area contributed by atoms with Crippen LogP contribution in [0.5, 0.6) is 0 Å². The minimum atomic E-state index is 0.0402. The van der Waals surface area contributed by atoms with Crippen molar-refractivity contribution in [1.29, 1.82) is 0 Å². The molecule has 1 unspecified atom stereocenters. The van der Waals surface area contributed by atoms with Crippen molar-refractivity contribution in [2.45, 2.75) is 5.92 Å². The lowest BCUT2D eigenvalue weighted by molar-refractivity contribution is 0.980. The number of fused-ring (bicyclic) bond motifs is 6. The standard InChI is InChI=1S/C55H38N2/c1-4-14-38(15-5-1)39-24-28-41(29-25-39)55(44-33-35-54-50(37-44)48-21-11-13-23-52(48)57(54)46-18-8-3-9-19-46)42-30-26-40(27-31-42)43-32-34-53-49(36-43)47-20-10-12-22-51(47)56(53)45-16-6-2-7-17-45/h1-37,55H. The highest BCUT2D eigenvalue weighted by atomic mass is 15.0. The normalized spacial score (nSPS) is 12.1. The van der Waals surface area contributed by atoms with Crippen molar-refractivity contribution in [3.63, 3.8) is 0 Å². The lowest BCUT2D eigenvalue weighted by Crippen LogP contribution is -2.04. The molecule has 2 heterocycles. The number of para-hydroxylation sites is 4. The molecular formula is C55H38N2. The van der Waals surface area contributed by atoms with Gasteiger partial charge in [0.2, 0.25) is 0 Å². The molecule has 0 aliphatic carbocycles. The van der Waals surface area contributed by atoms with E-state index < -0.39 is 0 Å². The molecule has 9 aromatic carbocycles. The fraction of sp³-hybridized carbons (Fsp3) is 0.0182. The largest absolute Gasteiger partial charge is 0.309 e. The summed E-state index contributed by atoms with van der Waals surface area (Å²) < 4.78 is 4.76. The van der Waals surface area contributed by atoms with Crippen LogP contribution in [0.3, 0.4) is 0 Å². The molecular weight excluding hydrogens is 689 g/mol. The molecule has 268 valence electrons. The van der Waals surface area contributed by atoms with E-state index in [0.29, 0.717) is 0 Å². The van der Waals surface area contributed by atoms with Gasteiger partial charge >= 0.3 is 0 Å². The topological polar surface area (TPSA) is 9.86 Å². The Morgan fingerprint density at radius 3 is 1.16 bits per heavy atom. The summed E-state index contributed by atoms with van der Waals surface area (Å²) in [4.78, 5) is 0. The van der Waals surface area contributed by atoms with Crippen LogP contribution in [0.2, 0.25) is 0 Å². The molecule has 2 nitrogen and oxygen atoms in total. The Morgan fingerprint density at radius 2 is 0.614 bits per heavy atom. The third-order valence-corrected chi connectivity index (χ3v) is 11.7. The fourth-order valence-electron chi connectivity index (χ4n) is 8.98. The van der Waals surface area contributed by atoms with Gasteiger partial charge in [0.25, 0.3) is 0 Å². The van der Waals surface area contributed by atoms with Gasteiger partial charge < -0.3 is 9.13 Å². The van der Waals surface area contributed by atoms with E-state index in [9.17, 15) is 0 Å². The second-order valence-corrected chi connectivity index (χ2v) is 14.9. The number of rotatable bonds is 7. The molecule has 2 aromatic heterocycles. The van der Waals surface area contributed by atoms with Crippen LogP contribution in [-0.2, 0) is 0 Å². The van der Waals surface area contributed by atoms with Gasteiger partial charge in [-0.15, -0.1) is 0 Å². The van der Waals surface area contributed by atoms with Crippen LogP contribution in [0, 0.1) is 0 Å². The number of benzene rings is 9. The van der Waals surface area contributed by atoms with Gasteiger partial charge in [0.15, 0.2) is 0 Å². The van der Waals surface area contributed by atoms with Crippen molar-refractivity contribution in [2.75, 3.05) is 0 Å². The minimum absolute atomic E-state index is 0.0402. The van der Waals surface area contributed by atoms with Crippen molar-refractivity contribution >= 4 is 43.6 Å². The maximum atomic E-state index is 2.43. The number of hydrogen-bond acceptors (Lipinski definition) is 0. The molecule has 11 rings (SSSR count). The van der Waals surface area contributed by atoms with Crippen molar-refractivity contribution in [3.05, 3.63) is 241 Å². The summed E-state index contributed by atoms with van der Waals surface area (Å²) in [5.41, 5.74) is 15.9. The Hall–Kier alpha value is -7.42. The number of aromatic nitrogens is 2. The highest BCUT2D eigenvalue weighted by Crippen LogP contribution is 2.40. The van der Waals surface area contributed by atoms with Crippen LogP contribution < -0.4 is 0 Å². The fourth-order valence-corrected chi connectivity index (χ4v) is 8.98. The summed E-state index contributed by atoms with van der Waals surface area (Å²) in [6.45, 7) is 0. The average molecular weight is 727 g/mol. The van der Waals surface area contributed by atoms with Gasteiger partial charge in [-0.3, -0.25) is 0 Å². The number of hydrogen-bond donors (Lipinski definition) is 0. The third kappa shape index (κ3) is 5.65. The van der Waals surface area contributed by atoms with E-state index >= 15 is 0 Å². The first-order valence-corrected chi connectivity index (χ1v) is 19.7. The van der Waals surface area contributed by atoms with Crippen LogP contribution in [-0.4, -0.2) is 9.13 Å². The second-order valence-electron chi connectivity index (χ2n) is 14.9.